The predicted octanol–water partition coefficient (Wildman–Crippen LogP) is 2.17. The van der Waals surface area contributed by atoms with E-state index in [0.717, 1.165) is 12.1 Å². The molecular weight excluding hydrogens is 327 g/mol. The Hall–Kier alpha value is -1.30. The van der Waals surface area contributed by atoms with Crippen molar-refractivity contribution in [1.29, 1.82) is 0 Å². The van der Waals surface area contributed by atoms with Gasteiger partial charge in [-0.1, -0.05) is 29.8 Å². The van der Waals surface area contributed by atoms with Crippen LogP contribution >= 0.6 is 24.0 Å². The number of hydrogen-bond donors (Lipinski definition) is 2. The van der Waals surface area contributed by atoms with E-state index in [1.54, 1.807) is 6.07 Å². The Morgan fingerprint density at radius 2 is 2.09 bits per heavy atom. The third-order valence-electron chi connectivity index (χ3n) is 3.71. The van der Waals surface area contributed by atoms with Crippen molar-refractivity contribution in [3.63, 3.8) is 0 Å². The molecule has 0 saturated carbocycles. The fourth-order valence-corrected chi connectivity index (χ4v) is 2.62. The second-order valence-corrected chi connectivity index (χ2v) is 5.65. The number of nitrogens with zero attached hydrogens (tertiary/aromatic N) is 1. The number of carboxylic acid groups (broad SMARTS) is 1. The molecule has 5 nitrogen and oxygen atoms in total. The van der Waals surface area contributed by atoms with E-state index in [2.05, 4.69) is 5.32 Å². The largest absolute Gasteiger partial charge is 0.481 e. The molecule has 1 aromatic carbocycles. The third-order valence-corrected chi connectivity index (χ3v) is 4.08. The van der Waals surface area contributed by atoms with Gasteiger partial charge in [-0.25, -0.2) is 0 Å². The number of aliphatic carboxylic acids is 1. The van der Waals surface area contributed by atoms with Crippen LogP contribution in [0, 0.1) is 5.92 Å². The van der Waals surface area contributed by atoms with Gasteiger partial charge in [-0.15, -0.1) is 12.4 Å². The zero-order chi connectivity index (χ0) is 15.2. The fraction of sp³-hybridized carbons (Fsp3) is 0.467. The van der Waals surface area contributed by atoms with Gasteiger partial charge in [0.1, 0.15) is 0 Å². The molecule has 122 valence electrons. The summed E-state index contributed by atoms with van der Waals surface area (Å²) in [6.45, 7) is 2.29. The molecule has 1 aliphatic heterocycles. The summed E-state index contributed by atoms with van der Waals surface area (Å²) in [6.07, 6.45) is 1.04. The molecule has 1 amide bonds. The molecule has 0 bridgehead atoms. The molecule has 22 heavy (non-hydrogen) atoms. The summed E-state index contributed by atoms with van der Waals surface area (Å²) in [5.41, 5.74) is 0.889. The molecule has 0 aliphatic carbocycles. The molecule has 1 aliphatic rings. The first-order valence-electron chi connectivity index (χ1n) is 7.01. The van der Waals surface area contributed by atoms with Gasteiger partial charge in [-0.3, -0.25) is 9.59 Å². The number of carbonyl (C=O) groups excluding carboxylic acids is 1. The van der Waals surface area contributed by atoms with E-state index in [4.69, 9.17) is 16.7 Å². The van der Waals surface area contributed by atoms with E-state index in [9.17, 15) is 9.59 Å². The van der Waals surface area contributed by atoms with Gasteiger partial charge in [-0.2, -0.15) is 0 Å². The average molecular weight is 347 g/mol. The number of amides is 1. The lowest BCUT2D eigenvalue weighted by Crippen LogP contribution is -2.30. The van der Waals surface area contributed by atoms with Gasteiger partial charge in [0.15, 0.2) is 0 Å². The van der Waals surface area contributed by atoms with Gasteiger partial charge >= 0.3 is 5.97 Å². The van der Waals surface area contributed by atoms with Gasteiger partial charge in [0.05, 0.1) is 5.92 Å². The quantitative estimate of drug-likeness (QED) is 0.828. The van der Waals surface area contributed by atoms with E-state index in [1.807, 2.05) is 23.1 Å². The molecule has 1 heterocycles. The molecule has 0 aromatic heterocycles. The molecule has 2 N–H and O–H groups in total. The van der Waals surface area contributed by atoms with Crippen molar-refractivity contribution in [2.45, 2.75) is 19.4 Å². The average Bonchev–Trinajstić information content (AvgIpc) is 2.93. The van der Waals surface area contributed by atoms with Gasteiger partial charge < -0.3 is 15.3 Å². The maximum absolute atomic E-state index is 11.8. The lowest BCUT2D eigenvalue weighted by molar-refractivity contribution is -0.141. The number of likely N-dealkylation sites (tertiary alicyclic amines) is 1. The number of carbonyl (C=O) groups is 2. The van der Waals surface area contributed by atoms with E-state index in [1.165, 1.54) is 0 Å². The second-order valence-electron chi connectivity index (χ2n) is 5.24. The highest BCUT2D eigenvalue weighted by atomic mass is 35.5. The Kier molecular flexibility index (Phi) is 7.65. The minimum absolute atomic E-state index is 0. The Morgan fingerprint density at radius 1 is 1.36 bits per heavy atom. The highest BCUT2D eigenvalue weighted by molar-refractivity contribution is 6.31. The normalized spacial score (nSPS) is 17.8. The smallest absolute Gasteiger partial charge is 0.307 e. The predicted molar refractivity (Wildman–Crippen MR) is 87.3 cm³/mol. The Balaban J connectivity index is 0.00000242. The number of carboxylic acids is 1. The highest BCUT2D eigenvalue weighted by Crippen LogP contribution is 2.16. The molecule has 7 heteroatoms. The summed E-state index contributed by atoms with van der Waals surface area (Å²) in [4.78, 5) is 24.7. The SMILES string of the molecule is Cl.O=C(CCN1CCC(C(=O)O)C1)NCc1ccccc1Cl. The summed E-state index contributed by atoms with van der Waals surface area (Å²) < 4.78 is 0. The van der Waals surface area contributed by atoms with Gasteiger partial charge in [-0.05, 0) is 24.6 Å². The van der Waals surface area contributed by atoms with Crippen LogP contribution in [0.5, 0.6) is 0 Å². The van der Waals surface area contributed by atoms with Crippen LogP contribution in [0.2, 0.25) is 5.02 Å². The molecule has 0 radical (unpaired) electrons. The van der Waals surface area contributed by atoms with Gasteiger partial charge in [0.2, 0.25) is 5.91 Å². The number of nitrogens with one attached hydrogen (secondary N) is 1. The molecule has 0 spiro atoms. The Labute approximate surface area is 141 Å². The summed E-state index contributed by atoms with van der Waals surface area (Å²) >= 11 is 6.02. The molecule has 1 aromatic rings. The monoisotopic (exact) mass is 346 g/mol. The maximum atomic E-state index is 11.8. The van der Waals surface area contributed by atoms with Crippen molar-refractivity contribution in [2.24, 2.45) is 5.92 Å². The van der Waals surface area contributed by atoms with Crippen LogP contribution in [0.25, 0.3) is 0 Å². The van der Waals surface area contributed by atoms with Crippen LogP contribution in [0.1, 0.15) is 18.4 Å². The minimum Gasteiger partial charge on any atom is -0.481 e. The van der Waals surface area contributed by atoms with Crippen LogP contribution in [0.3, 0.4) is 0 Å². The van der Waals surface area contributed by atoms with E-state index < -0.39 is 5.97 Å². The lowest BCUT2D eigenvalue weighted by Gasteiger charge is -2.14. The first-order valence-corrected chi connectivity index (χ1v) is 7.39. The van der Waals surface area contributed by atoms with Crippen LogP contribution in [-0.2, 0) is 16.1 Å². The van der Waals surface area contributed by atoms with Crippen molar-refractivity contribution < 1.29 is 14.7 Å². The standard InChI is InChI=1S/C15H19ClN2O3.ClH/c16-13-4-2-1-3-11(13)9-17-14(19)6-8-18-7-5-12(10-18)15(20)21;/h1-4,12H,5-10H2,(H,17,19)(H,20,21);1H. The van der Waals surface area contributed by atoms with Crippen molar-refractivity contribution in [3.05, 3.63) is 34.9 Å². The van der Waals surface area contributed by atoms with E-state index in [0.29, 0.717) is 37.5 Å². The number of benzene rings is 1. The topological polar surface area (TPSA) is 69.6 Å². The van der Waals surface area contributed by atoms with Crippen LogP contribution in [-0.4, -0.2) is 41.5 Å². The van der Waals surface area contributed by atoms with Crippen molar-refractivity contribution in [1.82, 2.24) is 10.2 Å². The first-order chi connectivity index (χ1) is 10.1. The summed E-state index contributed by atoms with van der Waals surface area (Å²) in [7, 11) is 0. The first kappa shape index (κ1) is 18.7. The summed E-state index contributed by atoms with van der Waals surface area (Å²) in [6, 6.07) is 7.39. The van der Waals surface area contributed by atoms with Crippen LogP contribution in [0.15, 0.2) is 24.3 Å². The number of rotatable bonds is 6. The summed E-state index contributed by atoms with van der Waals surface area (Å²) in [5, 5.41) is 12.4. The molecule has 1 atom stereocenters. The minimum atomic E-state index is -0.749. The number of halogens is 2. The molecule has 1 saturated heterocycles. The Bertz CT molecular complexity index is 525. The zero-order valence-corrected chi connectivity index (χ0v) is 13.7. The van der Waals surface area contributed by atoms with Crippen LogP contribution < -0.4 is 5.32 Å². The highest BCUT2D eigenvalue weighted by Gasteiger charge is 2.27. The molecule has 1 unspecified atom stereocenters. The van der Waals surface area contributed by atoms with E-state index >= 15 is 0 Å². The third kappa shape index (κ3) is 5.48. The molecular formula is C15H20Cl2N2O3. The molecule has 2 rings (SSSR count). The fourth-order valence-electron chi connectivity index (χ4n) is 2.42. The van der Waals surface area contributed by atoms with Gasteiger partial charge in [0, 0.05) is 31.1 Å². The number of hydrogen-bond acceptors (Lipinski definition) is 3. The lowest BCUT2D eigenvalue weighted by atomic mass is 10.1. The second kappa shape index (κ2) is 8.98. The maximum Gasteiger partial charge on any atom is 0.307 e. The van der Waals surface area contributed by atoms with Gasteiger partial charge in [0.25, 0.3) is 0 Å². The van der Waals surface area contributed by atoms with Crippen molar-refractivity contribution in [3.8, 4) is 0 Å². The van der Waals surface area contributed by atoms with Crippen molar-refractivity contribution in [2.75, 3.05) is 19.6 Å². The van der Waals surface area contributed by atoms with Crippen molar-refractivity contribution >= 4 is 35.9 Å². The summed E-state index contributed by atoms with van der Waals surface area (Å²) in [5.74, 6) is -1.09. The van der Waals surface area contributed by atoms with Crippen LogP contribution in [0.4, 0.5) is 0 Å². The molecule has 1 fully saturated rings. The van der Waals surface area contributed by atoms with E-state index in [-0.39, 0.29) is 24.2 Å². The zero-order valence-electron chi connectivity index (χ0n) is 12.1. The Morgan fingerprint density at radius 3 is 2.73 bits per heavy atom.